The van der Waals surface area contributed by atoms with Crippen molar-refractivity contribution in [1.82, 2.24) is 0 Å². The summed E-state index contributed by atoms with van der Waals surface area (Å²) in [6, 6.07) is 5.94. The van der Waals surface area contributed by atoms with E-state index >= 15 is 0 Å². The largest absolute Gasteiger partial charge is 0.496 e. The Hall–Kier alpha value is -1.75. The average molecular weight is 276 g/mol. The lowest BCUT2D eigenvalue weighted by Crippen LogP contribution is -2.23. The zero-order valence-corrected chi connectivity index (χ0v) is 12.4. The first-order chi connectivity index (χ1) is 9.11. The number of nitrogens with zero attached hydrogens (tertiary/aromatic N) is 3. The molecule has 1 aromatic carbocycles. The van der Waals surface area contributed by atoms with E-state index in [1.54, 1.807) is 18.4 Å². The lowest BCUT2D eigenvalue weighted by atomic mass is 10.0. The van der Waals surface area contributed by atoms with Gasteiger partial charge in [0.1, 0.15) is 17.6 Å². The van der Waals surface area contributed by atoms with E-state index in [0.29, 0.717) is 5.92 Å². The molecule has 1 heterocycles. The summed E-state index contributed by atoms with van der Waals surface area (Å²) in [5.74, 6) is 1.29. The van der Waals surface area contributed by atoms with E-state index in [4.69, 9.17) is 4.74 Å². The molecule has 100 valence electrons. The summed E-state index contributed by atoms with van der Waals surface area (Å²) in [4.78, 5) is 0. The maximum absolute atomic E-state index is 5.40. The van der Waals surface area contributed by atoms with Crippen LogP contribution in [-0.4, -0.2) is 7.11 Å². The van der Waals surface area contributed by atoms with Gasteiger partial charge in [0, 0.05) is 11.4 Å². The normalized spacial score (nSPS) is 11.4. The van der Waals surface area contributed by atoms with E-state index in [9.17, 15) is 0 Å². The first-order valence-corrected chi connectivity index (χ1v) is 7.02. The fraction of sp³-hybridized carbons (Fsp3) is 0.357. The topological polar surface area (TPSA) is 37.8 Å². The van der Waals surface area contributed by atoms with Crippen molar-refractivity contribution in [3.63, 3.8) is 0 Å². The number of hydrogen-bond donors (Lipinski definition) is 0. The molecule has 0 fully saturated rings. The molecule has 0 spiro atoms. The van der Waals surface area contributed by atoms with E-state index in [1.807, 2.05) is 41.4 Å². The summed E-state index contributed by atoms with van der Waals surface area (Å²) in [7, 11) is 3.63. The fourth-order valence-electron chi connectivity index (χ4n) is 1.76. The molecule has 2 aromatic rings. The van der Waals surface area contributed by atoms with Crippen LogP contribution in [0.25, 0.3) is 0 Å². The number of methoxy groups -OCH3 is 1. The van der Waals surface area contributed by atoms with Crippen molar-refractivity contribution in [2.75, 3.05) is 7.11 Å². The molecule has 19 heavy (non-hydrogen) atoms. The molecule has 2 rings (SSSR count). The van der Waals surface area contributed by atoms with Gasteiger partial charge in [-0.25, -0.2) is 4.57 Å². The molecule has 0 aliphatic rings. The predicted octanol–water partition coefficient (Wildman–Crippen LogP) is 4.12. The average Bonchev–Trinajstić information content (AvgIpc) is 2.81. The van der Waals surface area contributed by atoms with Gasteiger partial charge in [-0.15, -0.1) is 0 Å². The van der Waals surface area contributed by atoms with E-state index in [2.05, 4.69) is 24.1 Å². The molecule has 0 aliphatic carbocycles. The molecular weight excluding hydrogens is 258 g/mol. The zero-order valence-electron chi connectivity index (χ0n) is 11.6. The van der Waals surface area contributed by atoms with Gasteiger partial charge in [-0.05, 0) is 34.0 Å². The Kier molecular flexibility index (Phi) is 4.27. The Labute approximate surface area is 117 Å². The Balaban J connectivity index is 2.27. The summed E-state index contributed by atoms with van der Waals surface area (Å²) in [6.07, 6.45) is 1.96. The standard InChI is InChI=1S/C14H18N3OS/c1-10(2)12-6-5-11(9-13(12)18-4)15-16-14-17(3)7-8-19-14/h5-10H,1-4H3/q+1. The number of aromatic nitrogens is 1. The molecule has 0 bridgehead atoms. The molecule has 0 saturated heterocycles. The minimum Gasteiger partial charge on any atom is -0.496 e. The third kappa shape index (κ3) is 3.17. The summed E-state index contributed by atoms with van der Waals surface area (Å²) >= 11 is 1.56. The van der Waals surface area contributed by atoms with Crippen molar-refractivity contribution >= 4 is 22.2 Å². The van der Waals surface area contributed by atoms with Crippen LogP contribution in [0.3, 0.4) is 0 Å². The van der Waals surface area contributed by atoms with Gasteiger partial charge in [-0.1, -0.05) is 19.9 Å². The first kappa shape index (κ1) is 13.7. The molecule has 1 aromatic heterocycles. The molecule has 4 nitrogen and oxygen atoms in total. The molecule has 5 heteroatoms. The highest BCUT2D eigenvalue weighted by Gasteiger charge is 2.10. The lowest BCUT2D eigenvalue weighted by Gasteiger charge is -2.11. The van der Waals surface area contributed by atoms with Gasteiger partial charge < -0.3 is 4.74 Å². The highest BCUT2D eigenvalue weighted by atomic mass is 32.1. The number of hydrogen-bond acceptors (Lipinski definition) is 4. The molecule has 0 atom stereocenters. The second kappa shape index (κ2) is 5.93. The van der Waals surface area contributed by atoms with Gasteiger partial charge in [-0.2, -0.15) is 0 Å². The SMILES string of the molecule is COc1cc(N=Nc2scc[n+]2C)ccc1C(C)C. The summed E-state index contributed by atoms with van der Waals surface area (Å²) < 4.78 is 7.34. The van der Waals surface area contributed by atoms with E-state index < -0.39 is 0 Å². The summed E-state index contributed by atoms with van der Waals surface area (Å²) in [6.45, 7) is 4.29. The first-order valence-electron chi connectivity index (χ1n) is 6.14. The molecular formula is C14H18N3OS+. The van der Waals surface area contributed by atoms with E-state index in [-0.39, 0.29) is 0 Å². The van der Waals surface area contributed by atoms with Crippen LogP contribution in [0.2, 0.25) is 0 Å². The van der Waals surface area contributed by atoms with Gasteiger partial charge in [0.15, 0.2) is 0 Å². The smallest absolute Gasteiger partial charge is 0.408 e. The number of benzene rings is 1. The molecule has 0 amide bonds. The Morgan fingerprint density at radius 3 is 2.63 bits per heavy atom. The predicted molar refractivity (Wildman–Crippen MR) is 76.8 cm³/mol. The summed E-state index contributed by atoms with van der Waals surface area (Å²) in [5.41, 5.74) is 1.98. The number of rotatable bonds is 4. The van der Waals surface area contributed by atoms with Crippen molar-refractivity contribution in [2.45, 2.75) is 19.8 Å². The molecule has 0 saturated carbocycles. The zero-order chi connectivity index (χ0) is 13.8. The van der Waals surface area contributed by atoms with Gasteiger partial charge in [0.2, 0.25) is 0 Å². The highest BCUT2D eigenvalue weighted by Crippen LogP contribution is 2.31. The van der Waals surface area contributed by atoms with Crippen LogP contribution < -0.4 is 9.30 Å². The second-order valence-electron chi connectivity index (χ2n) is 4.58. The van der Waals surface area contributed by atoms with E-state index in [1.165, 1.54) is 5.56 Å². The van der Waals surface area contributed by atoms with Crippen LogP contribution in [0.5, 0.6) is 5.75 Å². The van der Waals surface area contributed by atoms with Gasteiger partial charge in [-0.3, -0.25) is 0 Å². The van der Waals surface area contributed by atoms with Crippen LogP contribution in [0.1, 0.15) is 25.3 Å². The van der Waals surface area contributed by atoms with Crippen molar-refractivity contribution in [3.8, 4) is 5.75 Å². The van der Waals surface area contributed by atoms with Crippen molar-refractivity contribution in [1.29, 1.82) is 0 Å². The third-order valence-corrected chi connectivity index (χ3v) is 3.69. The molecule has 0 aliphatic heterocycles. The second-order valence-corrected chi connectivity index (χ2v) is 5.45. The van der Waals surface area contributed by atoms with Crippen LogP contribution >= 0.6 is 11.3 Å². The summed E-state index contributed by atoms with van der Waals surface area (Å²) in [5, 5.41) is 11.3. The maximum Gasteiger partial charge on any atom is 0.408 e. The van der Waals surface area contributed by atoms with Crippen LogP contribution in [-0.2, 0) is 7.05 Å². The van der Waals surface area contributed by atoms with E-state index in [0.717, 1.165) is 16.6 Å². The van der Waals surface area contributed by atoms with Crippen molar-refractivity contribution in [2.24, 2.45) is 17.3 Å². The van der Waals surface area contributed by atoms with Gasteiger partial charge in [0.25, 0.3) is 0 Å². The highest BCUT2D eigenvalue weighted by molar-refractivity contribution is 7.12. The Morgan fingerprint density at radius 1 is 1.26 bits per heavy atom. The quantitative estimate of drug-likeness (QED) is 0.611. The molecule has 0 N–H and O–H groups in total. The van der Waals surface area contributed by atoms with Gasteiger partial charge in [0.05, 0.1) is 19.3 Å². The Morgan fingerprint density at radius 2 is 2.05 bits per heavy atom. The third-order valence-electron chi connectivity index (χ3n) is 2.85. The molecule has 0 unspecified atom stereocenters. The number of azo groups is 1. The van der Waals surface area contributed by atoms with Crippen LogP contribution in [0.4, 0.5) is 10.8 Å². The monoisotopic (exact) mass is 276 g/mol. The molecule has 0 radical (unpaired) electrons. The minimum absolute atomic E-state index is 0.427. The van der Waals surface area contributed by atoms with Crippen molar-refractivity contribution in [3.05, 3.63) is 35.3 Å². The number of aryl methyl sites for hydroxylation is 1. The number of thiazole rings is 1. The number of ether oxygens (including phenoxy) is 1. The van der Waals surface area contributed by atoms with Crippen molar-refractivity contribution < 1.29 is 9.30 Å². The lowest BCUT2D eigenvalue weighted by molar-refractivity contribution is -0.654. The van der Waals surface area contributed by atoms with Gasteiger partial charge >= 0.3 is 5.13 Å². The Bertz CT molecular complexity index is 590. The van der Waals surface area contributed by atoms with Crippen LogP contribution in [0.15, 0.2) is 40.0 Å². The fourth-order valence-corrected chi connectivity index (χ4v) is 2.44. The maximum atomic E-state index is 5.40. The van der Waals surface area contributed by atoms with Crippen LogP contribution in [0, 0.1) is 0 Å². The minimum atomic E-state index is 0.427.